The maximum absolute atomic E-state index is 12.4. The number of carbonyl (C=O) groups excluding carboxylic acids is 2. The number of amides is 2. The van der Waals surface area contributed by atoms with Gasteiger partial charge < -0.3 is 14.6 Å². The first-order chi connectivity index (χ1) is 10.9. The van der Waals surface area contributed by atoms with Crippen molar-refractivity contribution in [3.63, 3.8) is 0 Å². The second-order valence-corrected chi connectivity index (χ2v) is 7.13. The molecule has 1 heterocycles. The van der Waals surface area contributed by atoms with Crippen molar-refractivity contribution >= 4 is 17.9 Å². The molecule has 0 spiro atoms. The van der Waals surface area contributed by atoms with Crippen molar-refractivity contribution in [3.8, 4) is 0 Å². The van der Waals surface area contributed by atoms with Gasteiger partial charge in [0.15, 0.2) is 0 Å². The lowest BCUT2D eigenvalue weighted by molar-refractivity contribution is 0.0430. The molecule has 0 aliphatic carbocycles. The summed E-state index contributed by atoms with van der Waals surface area (Å²) in [6.07, 6.45) is 1.14. The van der Waals surface area contributed by atoms with E-state index < -0.39 is 23.4 Å². The molecule has 1 N–H and O–H groups in total. The summed E-state index contributed by atoms with van der Waals surface area (Å²) < 4.78 is 10.5. The van der Waals surface area contributed by atoms with Crippen LogP contribution in [0.4, 0.5) is 15.3 Å². The zero-order valence-electron chi connectivity index (χ0n) is 15.0. The third-order valence-electron chi connectivity index (χ3n) is 2.44. The molecular formula is C16H25N3O5. The van der Waals surface area contributed by atoms with Crippen LogP contribution in [0.5, 0.6) is 0 Å². The molecule has 0 radical (unpaired) electrons. The predicted octanol–water partition coefficient (Wildman–Crippen LogP) is 2.69. The van der Waals surface area contributed by atoms with Crippen molar-refractivity contribution in [1.29, 1.82) is 0 Å². The van der Waals surface area contributed by atoms with Crippen LogP contribution in [0, 0.1) is 0 Å². The first-order valence-corrected chi connectivity index (χ1v) is 7.61. The minimum atomic E-state index is -0.879. The van der Waals surface area contributed by atoms with Gasteiger partial charge in [-0.15, -0.1) is 0 Å². The SMILES string of the molecule is CC(C)(C)OC(=O)N(C(=O)OC(C)(C)C)c1cnc(CCO)nc1. The molecule has 24 heavy (non-hydrogen) atoms. The third kappa shape index (κ3) is 6.49. The number of anilines is 1. The summed E-state index contributed by atoms with van der Waals surface area (Å²) in [5, 5.41) is 8.89. The van der Waals surface area contributed by atoms with E-state index in [2.05, 4.69) is 9.97 Å². The summed E-state index contributed by atoms with van der Waals surface area (Å²) in [6, 6.07) is 0. The fraction of sp³-hybridized carbons (Fsp3) is 0.625. The number of hydrogen-bond donors (Lipinski definition) is 1. The van der Waals surface area contributed by atoms with Gasteiger partial charge in [0.2, 0.25) is 0 Å². The third-order valence-corrected chi connectivity index (χ3v) is 2.44. The lowest BCUT2D eigenvalue weighted by Crippen LogP contribution is -2.44. The second kappa shape index (κ2) is 7.57. The number of hydrogen-bond acceptors (Lipinski definition) is 7. The van der Waals surface area contributed by atoms with E-state index in [0.29, 0.717) is 5.82 Å². The van der Waals surface area contributed by atoms with Crippen LogP contribution in [-0.2, 0) is 15.9 Å². The Morgan fingerprint density at radius 2 is 1.42 bits per heavy atom. The molecule has 0 unspecified atom stereocenters. The minimum Gasteiger partial charge on any atom is -0.443 e. The molecule has 1 aromatic heterocycles. The highest BCUT2D eigenvalue weighted by atomic mass is 16.6. The maximum Gasteiger partial charge on any atom is 0.424 e. The minimum absolute atomic E-state index is 0.0960. The number of carbonyl (C=O) groups is 2. The number of aliphatic hydroxyl groups excluding tert-OH is 1. The highest BCUT2D eigenvalue weighted by Crippen LogP contribution is 2.20. The molecule has 1 aromatic rings. The number of ether oxygens (including phenoxy) is 2. The van der Waals surface area contributed by atoms with E-state index in [1.165, 1.54) is 12.4 Å². The van der Waals surface area contributed by atoms with Gasteiger partial charge in [0, 0.05) is 6.42 Å². The molecule has 0 saturated heterocycles. The number of rotatable bonds is 3. The van der Waals surface area contributed by atoms with Crippen molar-refractivity contribution in [2.45, 2.75) is 59.2 Å². The molecule has 0 aromatic carbocycles. The number of aromatic nitrogens is 2. The topological polar surface area (TPSA) is 102 Å². The fourth-order valence-corrected chi connectivity index (χ4v) is 1.59. The van der Waals surface area contributed by atoms with Gasteiger partial charge in [0.1, 0.15) is 17.0 Å². The molecule has 8 heteroatoms. The number of nitrogens with zero attached hydrogens (tertiary/aromatic N) is 3. The van der Waals surface area contributed by atoms with Crippen molar-refractivity contribution < 1.29 is 24.2 Å². The molecule has 0 atom stereocenters. The monoisotopic (exact) mass is 339 g/mol. The molecule has 0 aliphatic rings. The predicted molar refractivity (Wildman–Crippen MR) is 87.8 cm³/mol. The Balaban J connectivity index is 3.12. The molecule has 2 amide bonds. The van der Waals surface area contributed by atoms with E-state index >= 15 is 0 Å². The van der Waals surface area contributed by atoms with Gasteiger partial charge in [-0.05, 0) is 41.5 Å². The van der Waals surface area contributed by atoms with Gasteiger partial charge in [-0.2, -0.15) is 4.90 Å². The average Bonchev–Trinajstić information content (AvgIpc) is 2.37. The molecule has 134 valence electrons. The van der Waals surface area contributed by atoms with Gasteiger partial charge in [-0.3, -0.25) is 0 Å². The Bertz CT molecular complexity index is 545. The van der Waals surface area contributed by atoms with Gasteiger partial charge in [0.25, 0.3) is 0 Å². The standard InChI is InChI=1S/C16H25N3O5/c1-15(2,3)23-13(21)19(14(22)24-16(4,5)6)11-9-17-12(7-8-20)18-10-11/h9-10,20H,7-8H2,1-6H3. The van der Waals surface area contributed by atoms with E-state index in [-0.39, 0.29) is 18.7 Å². The highest BCUT2D eigenvalue weighted by Gasteiger charge is 2.33. The Morgan fingerprint density at radius 1 is 1.00 bits per heavy atom. The zero-order valence-corrected chi connectivity index (χ0v) is 15.0. The summed E-state index contributed by atoms with van der Waals surface area (Å²) in [5.41, 5.74) is -1.44. The fourth-order valence-electron chi connectivity index (χ4n) is 1.59. The molecule has 8 nitrogen and oxygen atoms in total. The Kier molecular flexibility index (Phi) is 6.25. The van der Waals surface area contributed by atoms with E-state index in [1.807, 2.05) is 0 Å². The summed E-state index contributed by atoms with van der Waals surface area (Å²) in [4.78, 5) is 33.6. The van der Waals surface area contributed by atoms with Crippen LogP contribution in [0.3, 0.4) is 0 Å². The maximum atomic E-state index is 12.4. The number of aliphatic hydroxyl groups is 1. The summed E-state index contributed by atoms with van der Waals surface area (Å²) in [5.74, 6) is 0.398. The summed E-state index contributed by atoms with van der Waals surface area (Å²) >= 11 is 0. The van der Waals surface area contributed by atoms with Crippen LogP contribution in [0.15, 0.2) is 12.4 Å². The Hall–Kier alpha value is -2.22. The molecular weight excluding hydrogens is 314 g/mol. The van der Waals surface area contributed by atoms with Crippen molar-refractivity contribution in [1.82, 2.24) is 9.97 Å². The van der Waals surface area contributed by atoms with Crippen LogP contribution in [0.2, 0.25) is 0 Å². The highest BCUT2D eigenvalue weighted by molar-refractivity contribution is 6.09. The van der Waals surface area contributed by atoms with E-state index in [9.17, 15) is 9.59 Å². The molecule has 1 rings (SSSR count). The average molecular weight is 339 g/mol. The lowest BCUT2D eigenvalue weighted by atomic mass is 10.2. The molecule has 0 fully saturated rings. The van der Waals surface area contributed by atoms with Gasteiger partial charge >= 0.3 is 12.2 Å². The first kappa shape index (κ1) is 19.8. The largest absolute Gasteiger partial charge is 0.443 e. The van der Waals surface area contributed by atoms with Crippen LogP contribution in [0.25, 0.3) is 0 Å². The zero-order chi connectivity index (χ0) is 18.5. The lowest BCUT2D eigenvalue weighted by Gasteiger charge is -2.28. The van der Waals surface area contributed by atoms with Crippen LogP contribution in [0.1, 0.15) is 47.4 Å². The van der Waals surface area contributed by atoms with Crippen LogP contribution < -0.4 is 4.90 Å². The normalized spacial score (nSPS) is 11.8. The van der Waals surface area contributed by atoms with Crippen LogP contribution >= 0.6 is 0 Å². The summed E-state index contributed by atoms with van der Waals surface area (Å²) in [7, 11) is 0. The Morgan fingerprint density at radius 3 is 1.75 bits per heavy atom. The van der Waals surface area contributed by atoms with Crippen molar-refractivity contribution in [2.75, 3.05) is 11.5 Å². The van der Waals surface area contributed by atoms with Crippen LogP contribution in [-0.4, -0.2) is 45.1 Å². The molecule has 0 aliphatic heterocycles. The van der Waals surface area contributed by atoms with Gasteiger partial charge in [-0.1, -0.05) is 0 Å². The van der Waals surface area contributed by atoms with Gasteiger partial charge in [-0.25, -0.2) is 19.6 Å². The van der Waals surface area contributed by atoms with Crippen molar-refractivity contribution in [2.24, 2.45) is 0 Å². The molecule has 0 bridgehead atoms. The molecule has 0 saturated carbocycles. The Labute approximate surface area is 141 Å². The smallest absolute Gasteiger partial charge is 0.424 e. The summed E-state index contributed by atoms with van der Waals surface area (Å²) in [6.45, 7) is 10.1. The van der Waals surface area contributed by atoms with E-state index in [4.69, 9.17) is 14.6 Å². The number of imide groups is 1. The van der Waals surface area contributed by atoms with E-state index in [0.717, 1.165) is 4.90 Å². The second-order valence-electron chi connectivity index (χ2n) is 7.13. The first-order valence-electron chi connectivity index (χ1n) is 7.61. The van der Waals surface area contributed by atoms with Crippen molar-refractivity contribution in [3.05, 3.63) is 18.2 Å². The van der Waals surface area contributed by atoms with Gasteiger partial charge in [0.05, 0.1) is 24.7 Å². The van der Waals surface area contributed by atoms with E-state index in [1.54, 1.807) is 41.5 Å². The quantitative estimate of drug-likeness (QED) is 0.903.